The van der Waals surface area contributed by atoms with Crippen molar-refractivity contribution in [2.24, 2.45) is 0 Å². The van der Waals surface area contributed by atoms with Gasteiger partial charge >= 0.3 is 0 Å². The lowest BCUT2D eigenvalue weighted by molar-refractivity contribution is 0.253. The third-order valence-corrected chi connectivity index (χ3v) is 3.36. The normalized spacial score (nSPS) is 10.9. The molecule has 0 atom stereocenters. The fourth-order valence-electron chi connectivity index (χ4n) is 2.17. The number of ether oxygens (including phenoxy) is 1. The van der Waals surface area contributed by atoms with Crippen molar-refractivity contribution in [3.63, 3.8) is 0 Å². The van der Waals surface area contributed by atoms with Crippen molar-refractivity contribution in [2.45, 2.75) is 46.1 Å². The van der Waals surface area contributed by atoms with Gasteiger partial charge in [-0.1, -0.05) is 32.8 Å². The Morgan fingerprint density at radius 3 is 2.26 bits per heavy atom. The van der Waals surface area contributed by atoms with E-state index < -0.39 is 0 Å². The van der Waals surface area contributed by atoms with E-state index in [9.17, 15) is 0 Å². The molecule has 0 aromatic heterocycles. The van der Waals surface area contributed by atoms with Crippen LogP contribution in [0.15, 0.2) is 18.2 Å². The molecule has 1 rings (SSSR count). The van der Waals surface area contributed by atoms with Gasteiger partial charge in [0.1, 0.15) is 5.75 Å². The highest BCUT2D eigenvalue weighted by Crippen LogP contribution is 2.23. The Hall–Kier alpha value is -1.22. The van der Waals surface area contributed by atoms with Crippen LogP contribution < -0.4 is 10.5 Å². The molecule has 0 fully saturated rings. The molecule has 0 unspecified atom stereocenters. The van der Waals surface area contributed by atoms with E-state index in [1.54, 1.807) is 7.11 Å². The van der Waals surface area contributed by atoms with Crippen molar-refractivity contribution >= 4 is 5.69 Å². The van der Waals surface area contributed by atoms with Crippen molar-refractivity contribution in [1.82, 2.24) is 4.90 Å². The fraction of sp³-hybridized carbons (Fsp3) is 0.625. The third kappa shape index (κ3) is 5.52. The number of nitrogens with zero attached hydrogens (tertiary/aromatic N) is 1. The van der Waals surface area contributed by atoms with Gasteiger partial charge < -0.3 is 10.5 Å². The molecule has 0 saturated carbocycles. The summed E-state index contributed by atoms with van der Waals surface area (Å²) < 4.78 is 5.43. The van der Waals surface area contributed by atoms with Crippen LogP contribution in [0.4, 0.5) is 5.69 Å². The minimum atomic E-state index is 0.759. The predicted molar refractivity (Wildman–Crippen MR) is 82.5 cm³/mol. The summed E-state index contributed by atoms with van der Waals surface area (Å²) in [5, 5.41) is 0. The van der Waals surface area contributed by atoms with Crippen molar-refractivity contribution < 1.29 is 4.74 Å². The molecule has 0 spiro atoms. The zero-order chi connectivity index (χ0) is 14.1. The number of benzene rings is 1. The molecule has 2 N–H and O–H groups in total. The predicted octanol–water partition coefficient (Wildman–Crippen LogP) is 3.68. The Labute approximate surface area is 117 Å². The standard InChI is InChI=1S/C16H28N2O/c1-4-6-10-18(11-7-5-2)13-14-8-9-15(17)12-16(14)19-3/h8-9,12H,4-7,10-11,13,17H2,1-3H3. The summed E-state index contributed by atoms with van der Waals surface area (Å²) in [6.45, 7) is 7.74. The highest BCUT2D eigenvalue weighted by molar-refractivity contribution is 5.48. The lowest BCUT2D eigenvalue weighted by Gasteiger charge is -2.23. The molecule has 0 amide bonds. The number of nitrogens with two attached hydrogens (primary N) is 1. The van der Waals surface area contributed by atoms with Crippen LogP contribution >= 0.6 is 0 Å². The van der Waals surface area contributed by atoms with Gasteiger partial charge in [0.15, 0.2) is 0 Å². The molecule has 108 valence electrons. The van der Waals surface area contributed by atoms with Gasteiger partial charge in [0.2, 0.25) is 0 Å². The Morgan fingerprint density at radius 2 is 1.74 bits per heavy atom. The number of hydrogen-bond donors (Lipinski definition) is 1. The first kappa shape index (κ1) is 15.8. The topological polar surface area (TPSA) is 38.5 Å². The molecule has 1 aromatic rings. The summed E-state index contributed by atoms with van der Waals surface area (Å²) in [4.78, 5) is 2.51. The van der Waals surface area contributed by atoms with Crippen LogP contribution in [0.5, 0.6) is 5.75 Å². The summed E-state index contributed by atoms with van der Waals surface area (Å²) >= 11 is 0. The smallest absolute Gasteiger partial charge is 0.125 e. The zero-order valence-corrected chi connectivity index (χ0v) is 12.6. The van der Waals surface area contributed by atoms with Gasteiger partial charge in [0, 0.05) is 23.9 Å². The summed E-state index contributed by atoms with van der Waals surface area (Å²) in [7, 11) is 1.71. The van der Waals surface area contributed by atoms with Gasteiger partial charge in [-0.15, -0.1) is 0 Å². The molecule has 0 aliphatic heterocycles. The van der Waals surface area contributed by atoms with Crippen molar-refractivity contribution in [3.05, 3.63) is 23.8 Å². The molecule has 19 heavy (non-hydrogen) atoms. The van der Waals surface area contributed by atoms with Crippen molar-refractivity contribution in [1.29, 1.82) is 0 Å². The quantitative estimate of drug-likeness (QED) is 0.691. The van der Waals surface area contributed by atoms with E-state index in [1.807, 2.05) is 12.1 Å². The van der Waals surface area contributed by atoms with E-state index in [1.165, 1.54) is 31.2 Å². The summed E-state index contributed by atoms with van der Waals surface area (Å²) in [5.74, 6) is 0.901. The van der Waals surface area contributed by atoms with Gasteiger partial charge in [-0.25, -0.2) is 0 Å². The van der Waals surface area contributed by atoms with Crippen LogP contribution in [0.25, 0.3) is 0 Å². The van der Waals surface area contributed by atoms with E-state index in [2.05, 4.69) is 24.8 Å². The third-order valence-electron chi connectivity index (χ3n) is 3.36. The monoisotopic (exact) mass is 264 g/mol. The minimum absolute atomic E-state index is 0.759. The van der Waals surface area contributed by atoms with Crippen LogP contribution in [0.3, 0.4) is 0 Å². The average molecular weight is 264 g/mol. The molecule has 3 nitrogen and oxygen atoms in total. The second-order valence-electron chi connectivity index (χ2n) is 5.05. The minimum Gasteiger partial charge on any atom is -0.496 e. The molecule has 0 heterocycles. The van der Waals surface area contributed by atoms with E-state index in [0.717, 1.165) is 31.1 Å². The van der Waals surface area contributed by atoms with Crippen LogP contribution in [0, 0.1) is 0 Å². The van der Waals surface area contributed by atoms with Gasteiger partial charge in [-0.2, -0.15) is 0 Å². The number of methoxy groups -OCH3 is 1. The molecule has 0 aliphatic carbocycles. The van der Waals surface area contributed by atoms with Crippen molar-refractivity contribution in [3.8, 4) is 5.75 Å². The van der Waals surface area contributed by atoms with E-state index in [0.29, 0.717) is 0 Å². The maximum atomic E-state index is 5.80. The Morgan fingerprint density at radius 1 is 1.11 bits per heavy atom. The molecule has 3 heteroatoms. The SMILES string of the molecule is CCCCN(CCCC)Cc1ccc(N)cc1OC. The largest absolute Gasteiger partial charge is 0.496 e. The zero-order valence-electron chi connectivity index (χ0n) is 12.6. The van der Waals surface area contributed by atoms with E-state index in [-0.39, 0.29) is 0 Å². The van der Waals surface area contributed by atoms with Crippen LogP contribution in [0.1, 0.15) is 45.1 Å². The lowest BCUT2D eigenvalue weighted by atomic mass is 10.1. The highest BCUT2D eigenvalue weighted by atomic mass is 16.5. The molecule has 0 aliphatic rings. The molecule has 0 bridgehead atoms. The number of anilines is 1. The number of rotatable bonds is 9. The Balaban J connectivity index is 2.70. The first-order chi connectivity index (χ1) is 9.21. The van der Waals surface area contributed by atoms with Gasteiger partial charge in [-0.05, 0) is 32.0 Å². The summed E-state index contributed by atoms with van der Waals surface area (Å²) in [5.41, 5.74) is 7.79. The maximum absolute atomic E-state index is 5.80. The van der Waals surface area contributed by atoms with Crippen LogP contribution in [-0.4, -0.2) is 25.1 Å². The van der Waals surface area contributed by atoms with Gasteiger partial charge in [0.05, 0.1) is 7.11 Å². The second kappa shape index (κ2) is 8.81. The first-order valence-corrected chi connectivity index (χ1v) is 7.36. The average Bonchev–Trinajstić information content (AvgIpc) is 2.43. The van der Waals surface area contributed by atoms with Gasteiger partial charge in [-0.3, -0.25) is 4.90 Å². The Kier molecular flexibility index (Phi) is 7.34. The maximum Gasteiger partial charge on any atom is 0.125 e. The van der Waals surface area contributed by atoms with Crippen molar-refractivity contribution in [2.75, 3.05) is 25.9 Å². The highest BCUT2D eigenvalue weighted by Gasteiger charge is 2.09. The lowest BCUT2D eigenvalue weighted by Crippen LogP contribution is -2.25. The number of unbranched alkanes of at least 4 members (excludes halogenated alkanes) is 2. The van der Waals surface area contributed by atoms with Crippen LogP contribution in [-0.2, 0) is 6.54 Å². The van der Waals surface area contributed by atoms with E-state index in [4.69, 9.17) is 10.5 Å². The Bertz CT molecular complexity index is 358. The molecule has 0 saturated heterocycles. The second-order valence-corrected chi connectivity index (χ2v) is 5.05. The molecular weight excluding hydrogens is 236 g/mol. The molecule has 1 aromatic carbocycles. The fourth-order valence-corrected chi connectivity index (χ4v) is 2.17. The number of nitrogen functional groups attached to an aromatic ring is 1. The summed E-state index contributed by atoms with van der Waals surface area (Å²) in [6.07, 6.45) is 4.98. The molecular formula is C16H28N2O. The summed E-state index contributed by atoms with van der Waals surface area (Å²) in [6, 6.07) is 5.95. The molecule has 0 radical (unpaired) electrons. The number of hydrogen-bond acceptors (Lipinski definition) is 3. The van der Waals surface area contributed by atoms with Crippen LogP contribution in [0.2, 0.25) is 0 Å². The first-order valence-electron chi connectivity index (χ1n) is 7.36. The van der Waals surface area contributed by atoms with E-state index >= 15 is 0 Å². The van der Waals surface area contributed by atoms with Gasteiger partial charge in [0.25, 0.3) is 0 Å².